The molecular weight excluding hydrogens is 299 g/mol. The van der Waals surface area contributed by atoms with Crippen LogP contribution < -0.4 is 21.9 Å². The Hall–Kier alpha value is -2.35. The Balaban J connectivity index is 2.08. The highest BCUT2D eigenvalue weighted by molar-refractivity contribution is 5.93. The van der Waals surface area contributed by atoms with E-state index < -0.39 is 5.82 Å². The lowest BCUT2D eigenvalue weighted by molar-refractivity contribution is 0.160. The summed E-state index contributed by atoms with van der Waals surface area (Å²) >= 11 is 0. The third-order valence-electron chi connectivity index (χ3n) is 3.71. The summed E-state index contributed by atoms with van der Waals surface area (Å²) in [5.74, 6) is 0.131. The lowest BCUT2D eigenvalue weighted by Gasteiger charge is -2.28. The maximum atomic E-state index is 13.4. The summed E-state index contributed by atoms with van der Waals surface area (Å²) in [7, 11) is 2.11. The van der Waals surface area contributed by atoms with Crippen LogP contribution in [0.3, 0.4) is 0 Å². The number of halogens is 1. The maximum absolute atomic E-state index is 13.4. The minimum absolute atomic E-state index is 0.153. The lowest BCUT2D eigenvalue weighted by atomic mass is 9.98. The SMILES string of the molecule is CN1CCC(COc2ccc(F)cc2N=C(N)N=C(N)N)CC1. The van der Waals surface area contributed by atoms with Crippen molar-refractivity contribution in [2.75, 3.05) is 26.7 Å². The maximum Gasteiger partial charge on any atom is 0.223 e. The number of ether oxygens (including phenoxy) is 1. The lowest BCUT2D eigenvalue weighted by Crippen LogP contribution is -2.32. The molecule has 1 heterocycles. The van der Waals surface area contributed by atoms with Crippen LogP contribution in [0, 0.1) is 11.7 Å². The van der Waals surface area contributed by atoms with Crippen molar-refractivity contribution in [1.82, 2.24) is 4.90 Å². The molecule has 8 heteroatoms. The molecule has 0 radical (unpaired) electrons. The molecule has 1 aromatic carbocycles. The fraction of sp³-hybridized carbons (Fsp3) is 0.467. The molecule has 0 bridgehead atoms. The number of aliphatic imine (C=N–C) groups is 2. The van der Waals surface area contributed by atoms with Crippen LogP contribution in [-0.4, -0.2) is 43.6 Å². The zero-order chi connectivity index (χ0) is 16.8. The van der Waals surface area contributed by atoms with Crippen LogP contribution in [0.1, 0.15) is 12.8 Å². The summed E-state index contributed by atoms with van der Waals surface area (Å²) in [6.45, 7) is 2.67. The highest BCUT2D eigenvalue weighted by atomic mass is 19.1. The van der Waals surface area contributed by atoms with Gasteiger partial charge in [-0.1, -0.05) is 0 Å². The molecule has 6 N–H and O–H groups in total. The Labute approximate surface area is 135 Å². The van der Waals surface area contributed by atoms with Gasteiger partial charge >= 0.3 is 0 Å². The molecule has 0 atom stereocenters. The molecule has 1 fully saturated rings. The number of nitrogens with zero attached hydrogens (tertiary/aromatic N) is 3. The van der Waals surface area contributed by atoms with E-state index in [-0.39, 0.29) is 17.6 Å². The Kier molecular flexibility index (Phi) is 5.75. The summed E-state index contributed by atoms with van der Waals surface area (Å²) in [6, 6.07) is 4.09. The van der Waals surface area contributed by atoms with E-state index in [0.29, 0.717) is 18.3 Å². The summed E-state index contributed by atoms with van der Waals surface area (Å²) < 4.78 is 19.3. The Morgan fingerprint density at radius 3 is 2.65 bits per heavy atom. The number of nitrogens with two attached hydrogens (primary N) is 3. The first kappa shape index (κ1) is 17.0. The van der Waals surface area contributed by atoms with E-state index in [1.54, 1.807) is 0 Å². The van der Waals surface area contributed by atoms with Gasteiger partial charge in [0.1, 0.15) is 17.3 Å². The quantitative estimate of drug-likeness (QED) is 0.559. The predicted octanol–water partition coefficient (Wildman–Crippen LogP) is 0.766. The van der Waals surface area contributed by atoms with Gasteiger partial charge in [0.2, 0.25) is 5.96 Å². The fourth-order valence-electron chi connectivity index (χ4n) is 2.42. The monoisotopic (exact) mass is 322 g/mol. The first-order chi connectivity index (χ1) is 10.9. The number of benzene rings is 1. The number of guanidine groups is 2. The average molecular weight is 322 g/mol. The van der Waals surface area contributed by atoms with Crippen LogP contribution in [0.4, 0.5) is 10.1 Å². The molecule has 1 aliphatic heterocycles. The molecule has 1 saturated heterocycles. The van der Waals surface area contributed by atoms with Crippen LogP contribution in [-0.2, 0) is 0 Å². The normalized spacial score (nSPS) is 17.0. The molecule has 0 aliphatic carbocycles. The zero-order valence-corrected chi connectivity index (χ0v) is 13.2. The van der Waals surface area contributed by atoms with Gasteiger partial charge in [0, 0.05) is 6.07 Å². The molecule has 7 nitrogen and oxygen atoms in total. The Morgan fingerprint density at radius 1 is 1.30 bits per heavy atom. The van der Waals surface area contributed by atoms with Crippen molar-refractivity contribution in [3.8, 4) is 5.75 Å². The summed E-state index contributed by atoms with van der Waals surface area (Å²) in [5.41, 5.74) is 16.3. The van der Waals surface area contributed by atoms with Crippen LogP contribution in [0.2, 0.25) is 0 Å². The second kappa shape index (κ2) is 7.77. The van der Waals surface area contributed by atoms with Gasteiger partial charge in [-0.2, -0.15) is 4.99 Å². The van der Waals surface area contributed by atoms with E-state index in [9.17, 15) is 4.39 Å². The van der Waals surface area contributed by atoms with Gasteiger partial charge in [-0.3, -0.25) is 0 Å². The topological polar surface area (TPSA) is 115 Å². The minimum atomic E-state index is -0.437. The third-order valence-corrected chi connectivity index (χ3v) is 3.71. The smallest absolute Gasteiger partial charge is 0.223 e. The van der Waals surface area contributed by atoms with Crippen molar-refractivity contribution in [1.29, 1.82) is 0 Å². The second-order valence-corrected chi connectivity index (χ2v) is 5.68. The molecule has 126 valence electrons. The van der Waals surface area contributed by atoms with Crippen molar-refractivity contribution in [3.05, 3.63) is 24.0 Å². The number of piperidine rings is 1. The number of rotatable bonds is 4. The third kappa shape index (κ3) is 5.41. The summed E-state index contributed by atoms with van der Waals surface area (Å²) in [4.78, 5) is 9.92. The number of likely N-dealkylation sites (tertiary alicyclic amines) is 1. The highest BCUT2D eigenvalue weighted by Gasteiger charge is 2.18. The first-order valence-corrected chi connectivity index (χ1v) is 7.48. The number of hydrogen-bond acceptors (Lipinski definition) is 3. The highest BCUT2D eigenvalue weighted by Crippen LogP contribution is 2.29. The van der Waals surface area contributed by atoms with Crippen molar-refractivity contribution in [2.45, 2.75) is 12.8 Å². The molecule has 1 aliphatic rings. The molecule has 2 rings (SSSR count). The van der Waals surface area contributed by atoms with Crippen LogP contribution in [0.5, 0.6) is 5.75 Å². The molecule has 1 aromatic rings. The van der Waals surface area contributed by atoms with Gasteiger partial charge in [-0.25, -0.2) is 9.38 Å². The van der Waals surface area contributed by atoms with E-state index in [4.69, 9.17) is 21.9 Å². The van der Waals surface area contributed by atoms with Crippen LogP contribution >= 0.6 is 0 Å². The van der Waals surface area contributed by atoms with E-state index in [2.05, 4.69) is 21.9 Å². The van der Waals surface area contributed by atoms with E-state index in [0.717, 1.165) is 25.9 Å². The molecule has 0 saturated carbocycles. The van der Waals surface area contributed by atoms with Gasteiger partial charge in [0.25, 0.3) is 0 Å². The van der Waals surface area contributed by atoms with Gasteiger partial charge in [0.15, 0.2) is 5.96 Å². The standard InChI is InChI=1S/C15H23FN6O/c1-22-6-4-10(5-7-22)9-23-13-3-2-11(16)8-12(13)20-15(19)21-14(17)18/h2-3,8,10H,4-7,9H2,1H3,(H6,17,18,19,20,21). The van der Waals surface area contributed by atoms with Crippen LogP contribution in [0.25, 0.3) is 0 Å². The molecule has 0 amide bonds. The fourth-order valence-corrected chi connectivity index (χ4v) is 2.42. The van der Waals surface area contributed by atoms with Crippen molar-refractivity contribution >= 4 is 17.6 Å². The number of hydrogen-bond donors (Lipinski definition) is 3. The Bertz CT molecular complexity index is 592. The summed E-state index contributed by atoms with van der Waals surface area (Å²) in [5, 5.41) is 0. The molecular formula is C15H23FN6O. The molecule has 23 heavy (non-hydrogen) atoms. The summed E-state index contributed by atoms with van der Waals surface area (Å²) in [6.07, 6.45) is 2.15. The second-order valence-electron chi connectivity index (χ2n) is 5.68. The largest absolute Gasteiger partial charge is 0.491 e. The van der Waals surface area contributed by atoms with Gasteiger partial charge in [0.05, 0.1) is 6.61 Å². The van der Waals surface area contributed by atoms with Gasteiger partial charge in [-0.15, -0.1) is 0 Å². The van der Waals surface area contributed by atoms with Gasteiger partial charge in [-0.05, 0) is 51.0 Å². The molecule has 0 unspecified atom stereocenters. The average Bonchev–Trinajstić information content (AvgIpc) is 2.47. The van der Waals surface area contributed by atoms with E-state index in [1.165, 1.54) is 18.2 Å². The molecule has 0 aromatic heterocycles. The first-order valence-electron chi connectivity index (χ1n) is 7.48. The van der Waals surface area contributed by atoms with E-state index in [1.807, 2.05) is 0 Å². The van der Waals surface area contributed by atoms with Crippen LogP contribution in [0.15, 0.2) is 28.2 Å². The van der Waals surface area contributed by atoms with E-state index >= 15 is 0 Å². The Morgan fingerprint density at radius 2 is 2.00 bits per heavy atom. The van der Waals surface area contributed by atoms with Crippen molar-refractivity contribution < 1.29 is 9.13 Å². The van der Waals surface area contributed by atoms with Gasteiger partial charge < -0.3 is 26.8 Å². The predicted molar refractivity (Wildman–Crippen MR) is 89.2 cm³/mol. The van der Waals surface area contributed by atoms with Crippen molar-refractivity contribution in [2.24, 2.45) is 33.1 Å². The zero-order valence-electron chi connectivity index (χ0n) is 13.2. The minimum Gasteiger partial charge on any atom is -0.491 e. The molecule has 0 spiro atoms. The van der Waals surface area contributed by atoms with Crippen molar-refractivity contribution in [3.63, 3.8) is 0 Å².